The molecule has 2 aromatic rings. The SMILES string of the molecule is COCCOc1cc(C)ccc1NC(=O)c1ccc(S(=O)(=O)N2CCCC2)cc1. The van der Waals surface area contributed by atoms with Crippen LogP contribution in [0.3, 0.4) is 0 Å². The zero-order valence-electron chi connectivity index (χ0n) is 16.7. The smallest absolute Gasteiger partial charge is 0.255 e. The lowest BCUT2D eigenvalue weighted by Crippen LogP contribution is -2.27. The quantitative estimate of drug-likeness (QED) is 0.666. The van der Waals surface area contributed by atoms with Gasteiger partial charge in [-0.05, 0) is 61.7 Å². The minimum atomic E-state index is -3.49. The van der Waals surface area contributed by atoms with Crippen molar-refractivity contribution in [3.05, 3.63) is 53.6 Å². The number of benzene rings is 2. The van der Waals surface area contributed by atoms with Gasteiger partial charge in [-0.3, -0.25) is 4.79 Å². The first kappa shape index (κ1) is 21.3. The van der Waals surface area contributed by atoms with Gasteiger partial charge >= 0.3 is 0 Å². The molecule has 0 radical (unpaired) electrons. The lowest BCUT2D eigenvalue weighted by atomic mass is 10.2. The molecule has 0 bridgehead atoms. The number of carbonyl (C=O) groups is 1. The van der Waals surface area contributed by atoms with Gasteiger partial charge in [-0.15, -0.1) is 0 Å². The van der Waals surface area contributed by atoms with Gasteiger partial charge in [-0.2, -0.15) is 4.31 Å². The van der Waals surface area contributed by atoms with Crippen LogP contribution in [0.25, 0.3) is 0 Å². The second kappa shape index (κ2) is 9.39. The van der Waals surface area contributed by atoms with Crippen LogP contribution < -0.4 is 10.1 Å². The van der Waals surface area contributed by atoms with Gasteiger partial charge in [0, 0.05) is 25.8 Å². The number of amides is 1. The van der Waals surface area contributed by atoms with E-state index in [9.17, 15) is 13.2 Å². The molecule has 0 aliphatic carbocycles. The van der Waals surface area contributed by atoms with Crippen LogP contribution in [0, 0.1) is 6.92 Å². The topological polar surface area (TPSA) is 84.9 Å². The Morgan fingerprint density at radius 3 is 2.41 bits per heavy atom. The highest BCUT2D eigenvalue weighted by Crippen LogP contribution is 2.27. The van der Waals surface area contributed by atoms with Gasteiger partial charge in [-0.1, -0.05) is 6.07 Å². The van der Waals surface area contributed by atoms with Gasteiger partial charge in [0.25, 0.3) is 5.91 Å². The largest absolute Gasteiger partial charge is 0.489 e. The van der Waals surface area contributed by atoms with Gasteiger partial charge < -0.3 is 14.8 Å². The first-order valence-corrected chi connectivity index (χ1v) is 11.0. The molecule has 3 rings (SSSR count). The molecule has 0 atom stereocenters. The number of nitrogens with zero attached hydrogens (tertiary/aromatic N) is 1. The van der Waals surface area contributed by atoms with Crippen molar-refractivity contribution in [2.45, 2.75) is 24.7 Å². The molecular formula is C21H26N2O5S. The molecule has 2 aromatic carbocycles. The molecule has 1 amide bonds. The van der Waals surface area contributed by atoms with E-state index in [4.69, 9.17) is 9.47 Å². The maximum Gasteiger partial charge on any atom is 0.255 e. The highest BCUT2D eigenvalue weighted by atomic mass is 32.2. The molecule has 1 aliphatic heterocycles. The van der Waals surface area contributed by atoms with E-state index in [-0.39, 0.29) is 10.8 Å². The first-order chi connectivity index (χ1) is 13.9. The minimum absolute atomic E-state index is 0.204. The summed E-state index contributed by atoms with van der Waals surface area (Å²) < 4.78 is 37.4. The van der Waals surface area contributed by atoms with Crippen molar-refractivity contribution in [3.8, 4) is 5.75 Å². The van der Waals surface area contributed by atoms with Crippen LogP contribution in [0.4, 0.5) is 5.69 Å². The van der Waals surface area contributed by atoms with Crippen LogP contribution in [0.15, 0.2) is 47.4 Å². The molecule has 0 spiro atoms. The maximum absolute atomic E-state index is 12.6. The average Bonchev–Trinajstić information content (AvgIpc) is 3.26. The van der Waals surface area contributed by atoms with Crippen molar-refractivity contribution < 1.29 is 22.7 Å². The van der Waals surface area contributed by atoms with Crippen LogP contribution in [0.5, 0.6) is 5.75 Å². The monoisotopic (exact) mass is 418 g/mol. The van der Waals surface area contributed by atoms with E-state index >= 15 is 0 Å². The second-order valence-corrected chi connectivity index (χ2v) is 8.87. The first-order valence-electron chi connectivity index (χ1n) is 9.56. The third-order valence-corrected chi connectivity index (χ3v) is 6.66. The van der Waals surface area contributed by atoms with Crippen molar-refractivity contribution in [1.82, 2.24) is 4.31 Å². The molecule has 8 heteroatoms. The third-order valence-electron chi connectivity index (χ3n) is 4.75. The summed E-state index contributed by atoms with van der Waals surface area (Å²) in [5.74, 6) is 0.221. The summed E-state index contributed by atoms with van der Waals surface area (Å²) in [4.78, 5) is 12.9. The lowest BCUT2D eigenvalue weighted by molar-refractivity contribution is 0.102. The number of nitrogens with one attached hydrogen (secondary N) is 1. The van der Waals surface area contributed by atoms with Crippen molar-refractivity contribution in [1.29, 1.82) is 0 Å². The van der Waals surface area contributed by atoms with E-state index in [2.05, 4.69) is 5.32 Å². The van der Waals surface area contributed by atoms with E-state index in [1.54, 1.807) is 13.2 Å². The average molecular weight is 419 g/mol. The van der Waals surface area contributed by atoms with Crippen LogP contribution in [-0.2, 0) is 14.8 Å². The molecule has 1 fully saturated rings. The maximum atomic E-state index is 12.6. The molecule has 1 aliphatic rings. The van der Waals surface area contributed by atoms with E-state index < -0.39 is 10.0 Å². The summed E-state index contributed by atoms with van der Waals surface area (Å²) in [6.45, 7) is 3.84. The molecule has 1 saturated heterocycles. The number of ether oxygens (including phenoxy) is 2. The number of rotatable bonds is 8. The Balaban J connectivity index is 1.73. The van der Waals surface area contributed by atoms with E-state index in [1.165, 1.54) is 28.6 Å². The number of anilines is 1. The highest BCUT2D eigenvalue weighted by Gasteiger charge is 2.27. The fourth-order valence-corrected chi connectivity index (χ4v) is 4.65. The van der Waals surface area contributed by atoms with Crippen LogP contribution in [0.1, 0.15) is 28.8 Å². The van der Waals surface area contributed by atoms with Crippen LogP contribution >= 0.6 is 0 Å². The molecule has 156 valence electrons. The lowest BCUT2D eigenvalue weighted by Gasteiger charge is -2.16. The fourth-order valence-electron chi connectivity index (χ4n) is 3.14. The fraction of sp³-hybridized carbons (Fsp3) is 0.381. The van der Waals surface area contributed by atoms with Gasteiger partial charge in [0.1, 0.15) is 12.4 Å². The summed E-state index contributed by atoms with van der Waals surface area (Å²) in [6, 6.07) is 11.5. The zero-order chi connectivity index (χ0) is 20.9. The Morgan fingerprint density at radius 2 is 1.76 bits per heavy atom. The Morgan fingerprint density at radius 1 is 1.07 bits per heavy atom. The predicted molar refractivity (Wildman–Crippen MR) is 111 cm³/mol. The van der Waals surface area contributed by atoms with Crippen molar-refractivity contribution in [2.75, 3.05) is 38.7 Å². The molecule has 29 heavy (non-hydrogen) atoms. The molecule has 1 heterocycles. The molecule has 0 unspecified atom stereocenters. The number of hydrogen-bond donors (Lipinski definition) is 1. The number of carbonyl (C=O) groups excluding carboxylic acids is 1. The number of methoxy groups -OCH3 is 1. The van der Waals surface area contributed by atoms with Crippen molar-refractivity contribution >= 4 is 21.6 Å². The Kier molecular flexibility index (Phi) is 6.89. The van der Waals surface area contributed by atoms with Gasteiger partial charge in [-0.25, -0.2) is 8.42 Å². The normalized spacial score (nSPS) is 14.7. The van der Waals surface area contributed by atoms with E-state index in [0.29, 0.717) is 43.3 Å². The van der Waals surface area contributed by atoms with Crippen LogP contribution in [0.2, 0.25) is 0 Å². The molecule has 7 nitrogen and oxygen atoms in total. The Bertz CT molecular complexity index is 952. The van der Waals surface area contributed by atoms with Gasteiger partial charge in [0.15, 0.2) is 0 Å². The summed E-state index contributed by atoms with van der Waals surface area (Å²) in [7, 11) is -1.90. The third kappa shape index (κ3) is 5.14. The summed E-state index contributed by atoms with van der Waals surface area (Å²) in [5, 5.41) is 2.83. The number of hydrogen-bond acceptors (Lipinski definition) is 5. The number of sulfonamides is 1. The summed E-state index contributed by atoms with van der Waals surface area (Å²) >= 11 is 0. The standard InChI is InChI=1S/C21H26N2O5S/c1-16-5-10-19(20(15-16)28-14-13-27-2)22-21(24)17-6-8-18(9-7-17)29(25,26)23-11-3-4-12-23/h5-10,15H,3-4,11-14H2,1-2H3,(H,22,24). The van der Waals surface area contributed by atoms with E-state index in [1.807, 2.05) is 19.1 Å². The Hall–Kier alpha value is -2.42. The van der Waals surface area contributed by atoms with Crippen molar-refractivity contribution in [2.24, 2.45) is 0 Å². The molecule has 0 aromatic heterocycles. The molecular weight excluding hydrogens is 392 g/mol. The molecule has 0 saturated carbocycles. The predicted octanol–water partition coefficient (Wildman–Crippen LogP) is 3.06. The Labute approximate surface area is 171 Å². The summed E-state index contributed by atoms with van der Waals surface area (Å²) in [6.07, 6.45) is 1.76. The molecule has 1 N–H and O–H groups in total. The summed E-state index contributed by atoms with van der Waals surface area (Å²) in [5.41, 5.74) is 1.92. The minimum Gasteiger partial charge on any atom is -0.489 e. The van der Waals surface area contributed by atoms with Gasteiger partial charge in [0.2, 0.25) is 10.0 Å². The van der Waals surface area contributed by atoms with Gasteiger partial charge in [0.05, 0.1) is 17.2 Å². The highest BCUT2D eigenvalue weighted by molar-refractivity contribution is 7.89. The van der Waals surface area contributed by atoms with Crippen molar-refractivity contribution in [3.63, 3.8) is 0 Å². The van der Waals surface area contributed by atoms with E-state index in [0.717, 1.165) is 18.4 Å². The van der Waals surface area contributed by atoms with Crippen LogP contribution in [-0.4, -0.2) is 52.0 Å². The zero-order valence-corrected chi connectivity index (χ0v) is 17.5. The number of aryl methyl sites for hydroxylation is 1. The second-order valence-electron chi connectivity index (χ2n) is 6.93.